The number of ether oxygens (including phenoxy) is 1. The Kier molecular flexibility index (Phi) is 5.69. The predicted molar refractivity (Wildman–Crippen MR) is 126 cm³/mol. The summed E-state index contributed by atoms with van der Waals surface area (Å²) in [6.07, 6.45) is 0. The van der Waals surface area contributed by atoms with Crippen molar-refractivity contribution >= 4 is 45.6 Å². The molecule has 0 radical (unpaired) electrons. The van der Waals surface area contributed by atoms with Crippen molar-refractivity contribution in [1.82, 2.24) is 19.7 Å². The third-order valence-electron chi connectivity index (χ3n) is 4.71. The second kappa shape index (κ2) is 8.78. The van der Waals surface area contributed by atoms with E-state index in [1.807, 2.05) is 35.0 Å². The number of fused-ring (bicyclic) bond motifs is 1. The van der Waals surface area contributed by atoms with Crippen molar-refractivity contribution < 1.29 is 9.26 Å². The number of nitrogens with zero attached hydrogens (tertiary/aromatic N) is 4. The molecule has 0 atom stereocenters. The van der Waals surface area contributed by atoms with Gasteiger partial charge in [0.2, 0.25) is 0 Å². The Balaban J connectivity index is 1.55. The lowest BCUT2D eigenvalue weighted by Gasteiger charge is -2.14. The Morgan fingerprint density at radius 3 is 2.84 bits per heavy atom. The fourth-order valence-corrected chi connectivity index (χ4v) is 4.91. The van der Waals surface area contributed by atoms with Crippen molar-refractivity contribution in [2.45, 2.75) is 10.9 Å². The molecule has 0 saturated carbocycles. The molecule has 0 aliphatic rings. The normalized spacial score (nSPS) is 11.2. The van der Waals surface area contributed by atoms with Gasteiger partial charge in [-0.25, -0.2) is 4.98 Å². The van der Waals surface area contributed by atoms with Crippen LogP contribution >= 0.6 is 34.7 Å². The summed E-state index contributed by atoms with van der Waals surface area (Å²) in [5, 5.41) is 9.37. The maximum absolute atomic E-state index is 13.4. The maximum Gasteiger partial charge on any atom is 0.266 e. The van der Waals surface area contributed by atoms with Gasteiger partial charge in [-0.1, -0.05) is 40.7 Å². The third-order valence-corrected chi connectivity index (χ3v) is 6.62. The lowest BCUT2D eigenvalue weighted by molar-refractivity contribution is 0.415. The molecule has 5 aromatic rings. The van der Waals surface area contributed by atoms with Gasteiger partial charge in [0.25, 0.3) is 11.4 Å². The first kappa shape index (κ1) is 20.7. The number of methoxy groups -OCH3 is 1. The van der Waals surface area contributed by atoms with Crippen molar-refractivity contribution in [3.63, 3.8) is 0 Å². The molecule has 0 amide bonds. The van der Waals surface area contributed by atoms with Gasteiger partial charge in [-0.2, -0.15) is 16.3 Å². The van der Waals surface area contributed by atoms with Gasteiger partial charge in [-0.05, 0) is 41.8 Å². The maximum atomic E-state index is 13.4. The number of hydrogen-bond donors (Lipinski definition) is 0. The highest BCUT2D eigenvalue weighted by molar-refractivity contribution is 7.98. The van der Waals surface area contributed by atoms with Crippen LogP contribution < -0.4 is 10.3 Å². The molecule has 0 saturated heterocycles. The SMILES string of the molecule is COc1ccc(-n2c(SCc3noc(-c4ccsc4)n3)nc3ccccc3c2=O)cc1Cl. The summed E-state index contributed by atoms with van der Waals surface area (Å²) in [4.78, 5) is 22.5. The van der Waals surface area contributed by atoms with E-state index < -0.39 is 0 Å². The molecule has 160 valence electrons. The number of hydrogen-bond acceptors (Lipinski definition) is 8. The molecule has 2 aromatic carbocycles. The van der Waals surface area contributed by atoms with E-state index in [0.717, 1.165) is 5.56 Å². The standard InChI is InChI=1S/C22H15ClN4O3S2/c1-29-18-7-6-14(10-16(18)23)27-21(28)15-4-2-3-5-17(15)24-22(27)32-12-19-25-20(30-26-19)13-8-9-31-11-13/h2-11H,12H2,1H3. The second-order valence-electron chi connectivity index (χ2n) is 6.69. The molecule has 10 heteroatoms. The summed E-state index contributed by atoms with van der Waals surface area (Å²) in [6, 6.07) is 14.3. The molecule has 0 fully saturated rings. The Morgan fingerprint density at radius 2 is 2.06 bits per heavy atom. The van der Waals surface area contributed by atoms with E-state index in [2.05, 4.69) is 10.1 Å². The zero-order valence-corrected chi connectivity index (χ0v) is 19.1. The van der Waals surface area contributed by atoms with Crippen LogP contribution in [0, 0.1) is 0 Å². The van der Waals surface area contributed by atoms with Gasteiger partial charge in [-0.15, -0.1) is 0 Å². The fourth-order valence-electron chi connectivity index (χ4n) is 3.18. The number of para-hydroxylation sites is 1. The number of thiophene rings is 1. The highest BCUT2D eigenvalue weighted by Crippen LogP contribution is 2.30. The molecule has 5 rings (SSSR count). The Bertz CT molecular complexity index is 1460. The summed E-state index contributed by atoms with van der Waals surface area (Å²) >= 11 is 9.23. The smallest absolute Gasteiger partial charge is 0.266 e. The van der Waals surface area contributed by atoms with E-state index in [0.29, 0.717) is 50.0 Å². The fraction of sp³-hybridized carbons (Fsp3) is 0.0909. The largest absolute Gasteiger partial charge is 0.495 e. The summed E-state index contributed by atoms with van der Waals surface area (Å²) in [7, 11) is 1.54. The zero-order valence-electron chi connectivity index (χ0n) is 16.7. The Hall–Kier alpha value is -3.14. The Morgan fingerprint density at radius 1 is 1.19 bits per heavy atom. The van der Waals surface area contributed by atoms with Gasteiger partial charge in [0.15, 0.2) is 11.0 Å². The monoisotopic (exact) mass is 482 g/mol. The van der Waals surface area contributed by atoms with Crippen molar-refractivity contribution in [1.29, 1.82) is 0 Å². The first-order chi connectivity index (χ1) is 15.6. The van der Waals surface area contributed by atoms with Gasteiger partial charge in [-0.3, -0.25) is 9.36 Å². The summed E-state index contributed by atoms with van der Waals surface area (Å²) in [6.45, 7) is 0. The quantitative estimate of drug-likeness (QED) is 0.235. The molecule has 0 spiro atoms. The molecule has 3 heterocycles. The lowest BCUT2D eigenvalue weighted by Crippen LogP contribution is -2.21. The van der Waals surface area contributed by atoms with Crippen molar-refractivity contribution in [3.05, 3.63) is 80.5 Å². The molecule has 32 heavy (non-hydrogen) atoms. The van der Waals surface area contributed by atoms with E-state index in [-0.39, 0.29) is 5.56 Å². The van der Waals surface area contributed by atoms with Crippen LogP contribution in [0.1, 0.15) is 5.82 Å². The van der Waals surface area contributed by atoms with E-state index >= 15 is 0 Å². The van der Waals surface area contributed by atoms with Crippen LogP contribution in [0.5, 0.6) is 5.75 Å². The van der Waals surface area contributed by atoms with Crippen molar-refractivity contribution in [2.24, 2.45) is 0 Å². The minimum atomic E-state index is -0.189. The predicted octanol–water partition coefficient (Wildman–Crippen LogP) is 5.45. The van der Waals surface area contributed by atoms with E-state index in [1.165, 1.54) is 16.3 Å². The van der Waals surface area contributed by atoms with Crippen molar-refractivity contribution in [2.75, 3.05) is 7.11 Å². The molecular weight excluding hydrogens is 468 g/mol. The van der Waals surface area contributed by atoms with Crippen LogP contribution in [0.4, 0.5) is 0 Å². The van der Waals surface area contributed by atoms with Gasteiger partial charge in [0.1, 0.15) is 5.75 Å². The summed E-state index contributed by atoms with van der Waals surface area (Å²) in [5.41, 5.74) is 1.90. The van der Waals surface area contributed by atoms with Crippen LogP contribution in [0.3, 0.4) is 0 Å². The van der Waals surface area contributed by atoms with Crippen LogP contribution in [-0.2, 0) is 5.75 Å². The molecule has 3 aromatic heterocycles. The highest BCUT2D eigenvalue weighted by atomic mass is 35.5. The van der Waals surface area contributed by atoms with Gasteiger partial charge < -0.3 is 9.26 Å². The number of aromatic nitrogens is 4. The average Bonchev–Trinajstić information content (AvgIpc) is 3.50. The summed E-state index contributed by atoms with van der Waals surface area (Å²) in [5.74, 6) is 1.88. The summed E-state index contributed by atoms with van der Waals surface area (Å²) < 4.78 is 12.1. The average molecular weight is 483 g/mol. The highest BCUT2D eigenvalue weighted by Gasteiger charge is 2.16. The molecule has 7 nitrogen and oxygen atoms in total. The van der Waals surface area contributed by atoms with E-state index in [1.54, 1.807) is 42.7 Å². The van der Waals surface area contributed by atoms with Gasteiger partial charge in [0.05, 0.1) is 40.0 Å². The number of rotatable bonds is 6. The number of benzene rings is 2. The minimum Gasteiger partial charge on any atom is -0.495 e. The van der Waals surface area contributed by atoms with Crippen molar-refractivity contribution in [3.8, 4) is 22.9 Å². The van der Waals surface area contributed by atoms with E-state index in [9.17, 15) is 4.79 Å². The van der Waals surface area contributed by atoms with Crippen LogP contribution in [0.25, 0.3) is 28.0 Å². The molecule has 0 aliphatic heterocycles. The topological polar surface area (TPSA) is 83.0 Å². The van der Waals surface area contributed by atoms with Crippen LogP contribution in [-0.4, -0.2) is 26.8 Å². The van der Waals surface area contributed by atoms with E-state index in [4.69, 9.17) is 25.8 Å². The molecule has 0 aliphatic carbocycles. The molecular formula is C22H15ClN4O3S2. The number of halogens is 1. The number of thioether (sulfide) groups is 1. The van der Waals surface area contributed by atoms with Crippen LogP contribution in [0.15, 0.2) is 73.8 Å². The first-order valence-corrected chi connectivity index (χ1v) is 11.8. The first-order valence-electron chi connectivity index (χ1n) is 9.47. The van der Waals surface area contributed by atoms with Gasteiger partial charge >= 0.3 is 0 Å². The Labute approximate surface area is 195 Å². The molecule has 0 bridgehead atoms. The molecule has 0 unspecified atom stereocenters. The second-order valence-corrected chi connectivity index (χ2v) is 8.82. The molecule has 0 N–H and O–H groups in total. The van der Waals surface area contributed by atoms with Crippen LogP contribution in [0.2, 0.25) is 5.02 Å². The van der Waals surface area contributed by atoms with Gasteiger partial charge in [0, 0.05) is 5.38 Å². The lowest BCUT2D eigenvalue weighted by atomic mass is 10.2. The third kappa shape index (κ3) is 3.90. The minimum absolute atomic E-state index is 0.189. The zero-order chi connectivity index (χ0) is 22.1.